The summed E-state index contributed by atoms with van der Waals surface area (Å²) in [7, 11) is 0. The lowest BCUT2D eigenvalue weighted by Crippen LogP contribution is -2.25. The maximum atomic E-state index is 5.78. The highest BCUT2D eigenvalue weighted by molar-refractivity contribution is 5.48. The molecule has 18 heavy (non-hydrogen) atoms. The zero-order chi connectivity index (χ0) is 12.6. The molecule has 100 valence electrons. The van der Waals surface area contributed by atoms with Gasteiger partial charge < -0.3 is 15.8 Å². The van der Waals surface area contributed by atoms with Gasteiger partial charge in [0.25, 0.3) is 0 Å². The molecule has 2 rings (SSSR count). The van der Waals surface area contributed by atoms with Crippen LogP contribution in [-0.4, -0.2) is 44.2 Å². The van der Waals surface area contributed by atoms with Crippen molar-refractivity contribution in [2.24, 2.45) is 5.73 Å². The van der Waals surface area contributed by atoms with Gasteiger partial charge in [0, 0.05) is 31.4 Å². The van der Waals surface area contributed by atoms with Gasteiger partial charge >= 0.3 is 0 Å². The Morgan fingerprint density at radius 3 is 2.89 bits per heavy atom. The van der Waals surface area contributed by atoms with Gasteiger partial charge in [0.15, 0.2) is 0 Å². The number of likely N-dealkylation sites (tertiary alicyclic amines) is 1. The first-order valence-corrected chi connectivity index (χ1v) is 6.77. The van der Waals surface area contributed by atoms with Crippen LogP contribution in [0.25, 0.3) is 0 Å². The van der Waals surface area contributed by atoms with Gasteiger partial charge in [-0.05, 0) is 38.1 Å². The SMILES string of the molecule is NCCNc1cccc(OCCN2CCCC2)c1. The van der Waals surface area contributed by atoms with E-state index in [1.807, 2.05) is 24.3 Å². The van der Waals surface area contributed by atoms with E-state index in [1.54, 1.807) is 0 Å². The average Bonchev–Trinajstić information content (AvgIpc) is 2.90. The maximum absolute atomic E-state index is 5.78. The van der Waals surface area contributed by atoms with E-state index < -0.39 is 0 Å². The lowest BCUT2D eigenvalue weighted by Gasteiger charge is -2.15. The fourth-order valence-electron chi connectivity index (χ4n) is 2.21. The van der Waals surface area contributed by atoms with E-state index >= 15 is 0 Å². The van der Waals surface area contributed by atoms with Gasteiger partial charge in [-0.1, -0.05) is 6.07 Å². The average molecular weight is 249 g/mol. The first kappa shape index (κ1) is 13.2. The molecule has 4 heteroatoms. The Morgan fingerprint density at radius 2 is 2.11 bits per heavy atom. The molecule has 1 aromatic rings. The van der Waals surface area contributed by atoms with Crippen molar-refractivity contribution in [2.45, 2.75) is 12.8 Å². The molecule has 1 aliphatic rings. The van der Waals surface area contributed by atoms with E-state index in [9.17, 15) is 0 Å². The summed E-state index contributed by atoms with van der Waals surface area (Å²) in [5, 5.41) is 3.25. The molecule has 0 amide bonds. The van der Waals surface area contributed by atoms with E-state index in [2.05, 4.69) is 10.2 Å². The summed E-state index contributed by atoms with van der Waals surface area (Å²) in [6, 6.07) is 8.06. The Morgan fingerprint density at radius 1 is 1.28 bits per heavy atom. The molecule has 3 N–H and O–H groups in total. The predicted octanol–water partition coefficient (Wildman–Crippen LogP) is 1.53. The number of benzene rings is 1. The second-order valence-electron chi connectivity index (χ2n) is 4.64. The largest absolute Gasteiger partial charge is 0.492 e. The Balaban J connectivity index is 1.74. The third-order valence-corrected chi connectivity index (χ3v) is 3.18. The molecule has 1 fully saturated rings. The van der Waals surface area contributed by atoms with Crippen molar-refractivity contribution < 1.29 is 4.74 Å². The first-order chi connectivity index (χ1) is 8.88. The number of ether oxygens (including phenoxy) is 1. The van der Waals surface area contributed by atoms with Crippen LogP contribution in [0.15, 0.2) is 24.3 Å². The first-order valence-electron chi connectivity index (χ1n) is 6.77. The number of hydrogen-bond acceptors (Lipinski definition) is 4. The quantitative estimate of drug-likeness (QED) is 0.769. The Hall–Kier alpha value is -1.26. The molecule has 4 nitrogen and oxygen atoms in total. The standard InChI is InChI=1S/C14H23N3O/c15-6-7-16-13-4-3-5-14(12-13)18-11-10-17-8-1-2-9-17/h3-5,12,16H,1-2,6-11,15H2. The van der Waals surface area contributed by atoms with Gasteiger partial charge in [-0.15, -0.1) is 0 Å². The Bertz CT molecular complexity index is 351. The summed E-state index contributed by atoms with van der Waals surface area (Å²) in [5.74, 6) is 0.927. The molecule has 1 saturated heterocycles. The van der Waals surface area contributed by atoms with Gasteiger partial charge in [-0.3, -0.25) is 4.90 Å². The third-order valence-electron chi connectivity index (χ3n) is 3.18. The van der Waals surface area contributed by atoms with Gasteiger partial charge in [0.2, 0.25) is 0 Å². The van der Waals surface area contributed by atoms with Crippen molar-refractivity contribution in [3.8, 4) is 5.75 Å². The van der Waals surface area contributed by atoms with E-state index in [1.165, 1.54) is 25.9 Å². The molecular weight excluding hydrogens is 226 g/mol. The molecule has 0 radical (unpaired) electrons. The van der Waals surface area contributed by atoms with Crippen LogP contribution in [0.4, 0.5) is 5.69 Å². The molecule has 0 aliphatic carbocycles. The van der Waals surface area contributed by atoms with Crippen LogP contribution in [0.2, 0.25) is 0 Å². The molecule has 0 atom stereocenters. The third kappa shape index (κ3) is 4.20. The molecule has 0 spiro atoms. The van der Waals surface area contributed by atoms with Crippen molar-refractivity contribution in [3.63, 3.8) is 0 Å². The van der Waals surface area contributed by atoms with E-state index in [0.29, 0.717) is 6.54 Å². The lowest BCUT2D eigenvalue weighted by atomic mass is 10.3. The second-order valence-corrected chi connectivity index (χ2v) is 4.64. The Labute approximate surface area is 109 Å². The number of hydrogen-bond donors (Lipinski definition) is 2. The fraction of sp³-hybridized carbons (Fsp3) is 0.571. The minimum absolute atomic E-state index is 0.639. The highest BCUT2D eigenvalue weighted by atomic mass is 16.5. The summed E-state index contributed by atoms with van der Waals surface area (Å²) in [6.07, 6.45) is 2.66. The van der Waals surface area contributed by atoms with Crippen LogP contribution in [0.5, 0.6) is 5.75 Å². The summed E-state index contributed by atoms with van der Waals surface area (Å²) in [6.45, 7) is 5.67. The molecule has 1 heterocycles. The lowest BCUT2D eigenvalue weighted by molar-refractivity contribution is 0.238. The maximum Gasteiger partial charge on any atom is 0.121 e. The molecular formula is C14H23N3O. The van der Waals surface area contributed by atoms with Gasteiger partial charge in [-0.2, -0.15) is 0 Å². The van der Waals surface area contributed by atoms with Crippen molar-refractivity contribution in [1.29, 1.82) is 0 Å². The molecule has 0 unspecified atom stereocenters. The van der Waals surface area contributed by atoms with E-state index in [4.69, 9.17) is 10.5 Å². The van der Waals surface area contributed by atoms with Crippen molar-refractivity contribution >= 4 is 5.69 Å². The number of nitrogens with one attached hydrogen (secondary N) is 1. The summed E-state index contributed by atoms with van der Waals surface area (Å²) in [4.78, 5) is 2.45. The van der Waals surface area contributed by atoms with Gasteiger partial charge in [-0.25, -0.2) is 0 Å². The second kappa shape index (κ2) is 7.24. The topological polar surface area (TPSA) is 50.5 Å². The van der Waals surface area contributed by atoms with Crippen LogP contribution < -0.4 is 15.8 Å². The molecule has 1 aromatic carbocycles. The number of nitrogens with two attached hydrogens (primary N) is 1. The van der Waals surface area contributed by atoms with Gasteiger partial charge in [0.05, 0.1) is 0 Å². The normalized spacial score (nSPS) is 15.8. The van der Waals surface area contributed by atoms with Crippen LogP contribution in [-0.2, 0) is 0 Å². The minimum atomic E-state index is 0.639. The fourth-order valence-corrected chi connectivity index (χ4v) is 2.21. The van der Waals surface area contributed by atoms with Crippen LogP contribution in [0.1, 0.15) is 12.8 Å². The van der Waals surface area contributed by atoms with Crippen LogP contribution in [0, 0.1) is 0 Å². The van der Waals surface area contributed by atoms with Gasteiger partial charge in [0.1, 0.15) is 12.4 Å². The number of anilines is 1. The minimum Gasteiger partial charge on any atom is -0.492 e. The monoisotopic (exact) mass is 249 g/mol. The highest BCUT2D eigenvalue weighted by Gasteiger charge is 2.10. The smallest absolute Gasteiger partial charge is 0.121 e. The summed E-state index contributed by atoms with van der Waals surface area (Å²) in [5.41, 5.74) is 6.53. The molecule has 0 bridgehead atoms. The number of rotatable bonds is 7. The molecule has 1 aliphatic heterocycles. The van der Waals surface area contributed by atoms with Crippen molar-refractivity contribution in [1.82, 2.24) is 4.90 Å². The summed E-state index contributed by atoms with van der Waals surface area (Å²) >= 11 is 0. The van der Waals surface area contributed by atoms with Crippen molar-refractivity contribution in [3.05, 3.63) is 24.3 Å². The zero-order valence-corrected chi connectivity index (χ0v) is 10.9. The molecule has 0 saturated carbocycles. The number of nitrogens with zero attached hydrogens (tertiary/aromatic N) is 1. The van der Waals surface area contributed by atoms with Crippen LogP contribution >= 0.6 is 0 Å². The predicted molar refractivity (Wildman–Crippen MR) is 75.2 cm³/mol. The zero-order valence-electron chi connectivity index (χ0n) is 10.9. The Kier molecular flexibility index (Phi) is 5.30. The van der Waals surface area contributed by atoms with E-state index in [-0.39, 0.29) is 0 Å². The molecule has 0 aromatic heterocycles. The van der Waals surface area contributed by atoms with Crippen LogP contribution in [0.3, 0.4) is 0 Å². The van der Waals surface area contributed by atoms with E-state index in [0.717, 1.165) is 31.1 Å². The summed E-state index contributed by atoms with van der Waals surface area (Å²) < 4.78 is 5.78. The highest BCUT2D eigenvalue weighted by Crippen LogP contribution is 2.17. The van der Waals surface area contributed by atoms with Crippen molar-refractivity contribution in [2.75, 3.05) is 44.6 Å².